The van der Waals surface area contributed by atoms with Gasteiger partial charge in [0.15, 0.2) is 0 Å². The predicted molar refractivity (Wildman–Crippen MR) is 99.9 cm³/mol. The van der Waals surface area contributed by atoms with E-state index in [2.05, 4.69) is 4.98 Å². The smallest absolute Gasteiger partial charge is 0.267 e. The first kappa shape index (κ1) is 18.7. The lowest BCUT2D eigenvalue weighted by molar-refractivity contribution is 0.0534. The summed E-state index contributed by atoms with van der Waals surface area (Å²) in [5, 5.41) is 0. The van der Waals surface area contributed by atoms with Gasteiger partial charge in [0.1, 0.15) is 23.3 Å². The van der Waals surface area contributed by atoms with E-state index >= 15 is 0 Å². The Balaban J connectivity index is 1.70. The van der Waals surface area contributed by atoms with Crippen LogP contribution >= 0.6 is 0 Å². The molecule has 27 heavy (non-hydrogen) atoms. The molecule has 1 aliphatic heterocycles. The van der Waals surface area contributed by atoms with Gasteiger partial charge in [0.25, 0.3) is 11.8 Å². The molecule has 1 fully saturated rings. The molecule has 1 saturated heterocycles. The number of rotatable bonds is 6. The Kier molecular flexibility index (Phi) is 5.90. The highest BCUT2D eigenvalue weighted by molar-refractivity contribution is 5.97. The second kappa shape index (κ2) is 8.53. The van der Waals surface area contributed by atoms with Crippen molar-refractivity contribution in [3.05, 3.63) is 53.9 Å². The Hall–Kier alpha value is -3.09. The molecule has 7 heteroatoms. The van der Waals surface area contributed by atoms with Crippen molar-refractivity contribution in [1.82, 2.24) is 9.88 Å². The first-order valence-electron chi connectivity index (χ1n) is 9.02. The summed E-state index contributed by atoms with van der Waals surface area (Å²) in [5.74, 6) is 0.439. The Morgan fingerprint density at radius 1 is 1.30 bits per heavy atom. The molecule has 3 rings (SSSR count). The summed E-state index contributed by atoms with van der Waals surface area (Å²) in [7, 11) is 0. The highest BCUT2D eigenvalue weighted by Crippen LogP contribution is 2.24. The van der Waals surface area contributed by atoms with Crippen molar-refractivity contribution in [2.24, 2.45) is 5.73 Å². The van der Waals surface area contributed by atoms with Gasteiger partial charge in [-0.05, 0) is 38.0 Å². The number of nitrogens with two attached hydrogens (primary N) is 1. The van der Waals surface area contributed by atoms with Crippen LogP contribution < -0.4 is 15.2 Å². The molecular weight excluding hydrogens is 346 g/mol. The van der Waals surface area contributed by atoms with E-state index in [4.69, 9.17) is 15.2 Å². The third-order valence-electron chi connectivity index (χ3n) is 4.37. The molecule has 0 spiro atoms. The number of hydrogen-bond acceptors (Lipinski definition) is 5. The summed E-state index contributed by atoms with van der Waals surface area (Å²) in [6.45, 7) is 3.52. The number of nitrogens with zero attached hydrogens (tertiary/aromatic N) is 2. The fourth-order valence-corrected chi connectivity index (χ4v) is 3.13. The van der Waals surface area contributed by atoms with Crippen molar-refractivity contribution in [3.63, 3.8) is 0 Å². The molecule has 1 unspecified atom stereocenters. The van der Waals surface area contributed by atoms with Gasteiger partial charge >= 0.3 is 0 Å². The van der Waals surface area contributed by atoms with Gasteiger partial charge in [-0.2, -0.15) is 0 Å². The van der Waals surface area contributed by atoms with Crippen molar-refractivity contribution >= 4 is 11.8 Å². The zero-order valence-electron chi connectivity index (χ0n) is 15.3. The lowest BCUT2D eigenvalue weighted by atomic mass is 10.1. The number of hydrogen-bond donors (Lipinski definition) is 1. The van der Waals surface area contributed by atoms with Crippen LogP contribution in [0.4, 0.5) is 0 Å². The van der Waals surface area contributed by atoms with Crippen LogP contribution in [0, 0.1) is 0 Å². The van der Waals surface area contributed by atoms with Crippen molar-refractivity contribution in [2.75, 3.05) is 19.7 Å². The monoisotopic (exact) mass is 369 g/mol. The van der Waals surface area contributed by atoms with Gasteiger partial charge in [0, 0.05) is 18.8 Å². The summed E-state index contributed by atoms with van der Waals surface area (Å²) in [6.07, 6.45) is 2.98. The molecule has 7 nitrogen and oxygen atoms in total. The van der Waals surface area contributed by atoms with Crippen LogP contribution in [0.25, 0.3) is 0 Å². The van der Waals surface area contributed by atoms with E-state index in [1.165, 1.54) is 12.3 Å². The van der Waals surface area contributed by atoms with E-state index in [0.717, 1.165) is 12.8 Å². The number of carbonyl (C=O) groups excluding carboxylic acids is 2. The molecule has 2 amide bonds. The van der Waals surface area contributed by atoms with E-state index in [0.29, 0.717) is 36.8 Å². The Morgan fingerprint density at radius 3 is 2.89 bits per heavy atom. The zero-order valence-corrected chi connectivity index (χ0v) is 15.3. The second-order valence-corrected chi connectivity index (χ2v) is 6.30. The van der Waals surface area contributed by atoms with E-state index in [-0.39, 0.29) is 17.7 Å². The largest absolute Gasteiger partial charge is 0.493 e. The average Bonchev–Trinajstić information content (AvgIpc) is 2.68. The molecule has 1 atom stereocenters. The molecule has 1 aromatic heterocycles. The van der Waals surface area contributed by atoms with Gasteiger partial charge in [0.2, 0.25) is 0 Å². The summed E-state index contributed by atoms with van der Waals surface area (Å²) in [6, 6.07) is 10.5. The normalized spacial score (nSPS) is 16.6. The summed E-state index contributed by atoms with van der Waals surface area (Å²) in [4.78, 5) is 29.9. The number of amides is 2. The molecule has 1 aromatic carbocycles. The van der Waals surface area contributed by atoms with Crippen LogP contribution in [0.3, 0.4) is 0 Å². The highest BCUT2D eigenvalue weighted by atomic mass is 16.5. The van der Waals surface area contributed by atoms with Crippen LogP contribution in [-0.4, -0.2) is 47.5 Å². The maximum Gasteiger partial charge on any atom is 0.267 e. The van der Waals surface area contributed by atoms with E-state index in [1.54, 1.807) is 23.1 Å². The average molecular weight is 369 g/mol. The van der Waals surface area contributed by atoms with Crippen LogP contribution in [0.1, 0.15) is 40.6 Å². The number of aromatic nitrogens is 1. The molecule has 2 aromatic rings. The lowest BCUT2D eigenvalue weighted by Gasteiger charge is -2.33. The molecule has 1 aliphatic rings. The topological polar surface area (TPSA) is 94.8 Å². The Bertz CT molecular complexity index is 824. The van der Waals surface area contributed by atoms with Crippen molar-refractivity contribution < 1.29 is 19.1 Å². The number of para-hydroxylation sites is 1. The predicted octanol–water partition coefficient (Wildman–Crippen LogP) is 2.26. The maximum atomic E-state index is 13.0. The molecule has 0 radical (unpaired) electrons. The zero-order chi connectivity index (χ0) is 19.2. The highest BCUT2D eigenvalue weighted by Gasteiger charge is 2.27. The summed E-state index contributed by atoms with van der Waals surface area (Å²) >= 11 is 0. The fourth-order valence-electron chi connectivity index (χ4n) is 3.13. The van der Waals surface area contributed by atoms with Crippen LogP contribution in [0.2, 0.25) is 0 Å². The van der Waals surface area contributed by atoms with Gasteiger partial charge in [-0.25, -0.2) is 0 Å². The maximum absolute atomic E-state index is 13.0. The molecule has 142 valence electrons. The van der Waals surface area contributed by atoms with Crippen LogP contribution in [0.5, 0.6) is 11.5 Å². The molecule has 0 saturated carbocycles. The quantitative estimate of drug-likeness (QED) is 0.843. The molecular formula is C20H23N3O4. The lowest BCUT2D eigenvalue weighted by Crippen LogP contribution is -2.44. The first-order valence-corrected chi connectivity index (χ1v) is 9.02. The minimum Gasteiger partial charge on any atom is -0.493 e. The van der Waals surface area contributed by atoms with Crippen LogP contribution in [-0.2, 0) is 0 Å². The SMILES string of the molecule is CCOc1ccccc1C(=O)N1CCCC(Oc2ccnc(C(N)=O)c2)C1. The number of likely N-dealkylation sites (tertiary alicyclic amines) is 1. The minimum atomic E-state index is -0.603. The van der Waals surface area contributed by atoms with Gasteiger partial charge in [0.05, 0.1) is 18.7 Å². The molecule has 0 aliphatic carbocycles. The Labute approximate surface area is 158 Å². The molecule has 0 bridgehead atoms. The number of pyridine rings is 1. The summed E-state index contributed by atoms with van der Waals surface area (Å²) < 4.78 is 11.5. The standard InChI is InChI=1S/C20H23N3O4/c1-2-26-18-8-4-3-7-16(18)20(25)23-11-5-6-15(13-23)27-14-9-10-22-17(12-14)19(21)24/h3-4,7-10,12,15H,2,5-6,11,13H2,1H3,(H2,21,24). The fraction of sp³-hybridized carbons (Fsp3) is 0.350. The van der Waals surface area contributed by atoms with Crippen LogP contribution in [0.15, 0.2) is 42.6 Å². The molecule has 2 N–H and O–H groups in total. The van der Waals surface area contributed by atoms with Crippen molar-refractivity contribution in [2.45, 2.75) is 25.9 Å². The van der Waals surface area contributed by atoms with Crippen molar-refractivity contribution in [3.8, 4) is 11.5 Å². The Morgan fingerprint density at radius 2 is 2.11 bits per heavy atom. The second-order valence-electron chi connectivity index (χ2n) is 6.30. The van der Waals surface area contributed by atoms with Gasteiger partial charge in [-0.1, -0.05) is 12.1 Å². The summed E-state index contributed by atoms with van der Waals surface area (Å²) in [5.41, 5.74) is 5.97. The number of carbonyl (C=O) groups is 2. The van der Waals surface area contributed by atoms with E-state index in [9.17, 15) is 9.59 Å². The number of primary amides is 1. The number of piperidine rings is 1. The third kappa shape index (κ3) is 4.55. The van der Waals surface area contributed by atoms with Crippen molar-refractivity contribution in [1.29, 1.82) is 0 Å². The first-order chi connectivity index (χ1) is 13.1. The number of ether oxygens (including phenoxy) is 2. The van der Waals surface area contributed by atoms with Gasteiger partial charge < -0.3 is 20.1 Å². The number of benzene rings is 1. The van der Waals surface area contributed by atoms with E-state index < -0.39 is 5.91 Å². The minimum absolute atomic E-state index is 0.0695. The third-order valence-corrected chi connectivity index (χ3v) is 4.37. The van der Waals surface area contributed by atoms with Gasteiger partial charge in [-0.15, -0.1) is 0 Å². The van der Waals surface area contributed by atoms with E-state index in [1.807, 2.05) is 19.1 Å². The van der Waals surface area contributed by atoms with Gasteiger partial charge in [-0.3, -0.25) is 14.6 Å². The molecule has 2 heterocycles.